The van der Waals surface area contributed by atoms with E-state index in [0.29, 0.717) is 12.4 Å². The second-order valence-electron chi connectivity index (χ2n) is 8.70. The molecule has 1 aliphatic carbocycles. The first-order valence-corrected chi connectivity index (χ1v) is 10.2. The number of para-hydroxylation sites is 2. The van der Waals surface area contributed by atoms with Gasteiger partial charge < -0.3 is 4.74 Å². The fourth-order valence-corrected chi connectivity index (χ4v) is 4.04. The highest BCUT2D eigenvalue weighted by molar-refractivity contribution is 5.87. The molecule has 152 valence electrons. The maximum atomic E-state index is 13.0. The largest absolute Gasteiger partial charge is 0.443 e. The van der Waals surface area contributed by atoms with E-state index >= 15 is 0 Å². The van der Waals surface area contributed by atoms with E-state index in [0.717, 1.165) is 36.0 Å². The summed E-state index contributed by atoms with van der Waals surface area (Å²) in [7, 11) is 2.08. The van der Waals surface area contributed by atoms with Crippen molar-refractivity contribution in [3.05, 3.63) is 59.7 Å². The van der Waals surface area contributed by atoms with E-state index in [-0.39, 0.29) is 6.04 Å². The van der Waals surface area contributed by atoms with Crippen LogP contribution in [0.1, 0.15) is 56.7 Å². The number of pyridine rings is 1. The van der Waals surface area contributed by atoms with E-state index in [1.807, 2.05) is 57.3 Å². The van der Waals surface area contributed by atoms with E-state index in [2.05, 4.69) is 23.0 Å². The predicted octanol–water partition coefficient (Wildman–Crippen LogP) is 4.72. The second-order valence-corrected chi connectivity index (χ2v) is 8.70. The molecule has 3 aromatic rings. The van der Waals surface area contributed by atoms with Gasteiger partial charge in [-0.1, -0.05) is 18.2 Å². The predicted molar refractivity (Wildman–Crippen MR) is 113 cm³/mol. The summed E-state index contributed by atoms with van der Waals surface area (Å²) in [4.78, 5) is 24.6. The first-order valence-electron chi connectivity index (χ1n) is 10.2. The third-order valence-electron chi connectivity index (χ3n) is 5.29. The van der Waals surface area contributed by atoms with Crippen molar-refractivity contribution >= 4 is 17.1 Å². The standard InChI is InChI=1S/C23H28N4O2/c1-23(2,3)29-22(28)27-18-12-6-5-11-17(18)25-20(27)15-26(4)19-13-7-9-16-10-8-14-24-21(16)19/h5-6,8,10-12,14,19H,7,9,13,15H2,1-4H3. The summed E-state index contributed by atoms with van der Waals surface area (Å²) >= 11 is 0. The van der Waals surface area contributed by atoms with Gasteiger partial charge in [0.25, 0.3) is 0 Å². The molecule has 6 nitrogen and oxygen atoms in total. The first-order chi connectivity index (χ1) is 13.8. The van der Waals surface area contributed by atoms with Crippen LogP contribution in [0.3, 0.4) is 0 Å². The van der Waals surface area contributed by atoms with E-state index in [1.54, 1.807) is 4.57 Å². The Morgan fingerprint density at radius 3 is 2.83 bits per heavy atom. The lowest BCUT2D eigenvalue weighted by atomic mass is 9.91. The molecule has 0 aliphatic heterocycles. The van der Waals surface area contributed by atoms with Gasteiger partial charge in [0.1, 0.15) is 11.4 Å². The van der Waals surface area contributed by atoms with Gasteiger partial charge in [-0.25, -0.2) is 14.3 Å². The maximum Gasteiger partial charge on any atom is 0.420 e. The van der Waals surface area contributed by atoms with Crippen molar-refractivity contribution in [2.45, 2.75) is 58.2 Å². The van der Waals surface area contributed by atoms with Crippen LogP contribution in [0.25, 0.3) is 11.0 Å². The topological polar surface area (TPSA) is 60.2 Å². The number of hydrogen-bond donors (Lipinski definition) is 0. The SMILES string of the molecule is CN(Cc1nc2ccccc2n1C(=O)OC(C)(C)C)C1CCCc2cccnc21. The van der Waals surface area contributed by atoms with Gasteiger partial charge in [-0.2, -0.15) is 0 Å². The number of hydrogen-bond acceptors (Lipinski definition) is 5. The van der Waals surface area contributed by atoms with Crippen LogP contribution in [-0.2, 0) is 17.7 Å². The molecular formula is C23H28N4O2. The molecule has 0 saturated heterocycles. The monoisotopic (exact) mass is 392 g/mol. The lowest BCUT2D eigenvalue weighted by Gasteiger charge is -2.32. The van der Waals surface area contributed by atoms with E-state index in [9.17, 15) is 4.79 Å². The van der Waals surface area contributed by atoms with Gasteiger partial charge in [0.15, 0.2) is 0 Å². The first kappa shape index (κ1) is 19.6. The summed E-state index contributed by atoms with van der Waals surface area (Å²) in [6.45, 7) is 6.16. The summed E-state index contributed by atoms with van der Waals surface area (Å²) in [5, 5.41) is 0. The highest BCUT2D eigenvalue weighted by Crippen LogP contribution is 2.33. The average Bonchev–Trinajstić information content (AvgIpc) is 3.04. The van der Waals surface area contributed by atoms with Crippen LogP contribution in [0.15, 0.2) is 42.6 Å². The lowest BCUT2D eigenvalue weighted by Crippen LogP contribution is -2.32. The minimum atomic E-state index is -0.572. The van der Waals surface area contributed by atoms with E-state index in [1.165, 1.54) is 5.56 Å². The number of imidazole rings is 1. The highest BCUT2D eigenvalue weighted by atomic mass is 16.6. The normalized spacial score (nSPS) is 16.8. The number of benzene rings is 1. The van der Waals surface area contributed by atoms with Crippen LogP contribution in [0.4, 0.5) is 4.79 Å². The van der Waals surface area contributed by atoms with Crippen molar-refractivity contribution in [2.24, 2.45) is 0 Å². The van der Waals surface area contributed by atoms with Crippen molar-refractivity contribution in [1.82, 2.24) is 19.4 Å². The Bertz CT molecular complexity index is 1030. The third-order valence-corrected chi connectivity index (χ3v) is 5.29. The number of fused-ring (bicyclic) bond motifs is 2. The number of rotatable bonds is 3. The Morgan fingerprint density at radius 2 is 2.03 bits per heavy atom. The maximum absolute atomic E-state index is 13.0. The molecule has 0 fully saturated rings. The summed E-state index contributed by atoms with van der Waals surface area (Å²) in [5.74, 6) is 0.686. The number of nitrogens with zero attached hydrogens (tertiary/aromatic N) is 4. The molecule has 1 unspecified atom stereocenters. The van der Waals surface area contributed by atoms with Crippen LogP contribution in [0.5, 0.6) is 0 Å². The Balaban J connectivity index is 1.68. The zero-order valence-electron chi connectivity index (χ0n) is 17.6. The van der Waals surface area contributed by atoms with Crippen LogP contribution in [0, 0.1) is 0 Å². The van der Waals surface area contributed by atoms with Crippen LogP contribution in [0.2, 0.25) is 0 Å². The molecule has 0 N–H and O–H groups in total. The molecule has 0 amide bonds. The zero-order valence-corrected chi connectivity index (χ0v) is 17.6. The molecule has 0 spiro atoms. The Morgan fingerprint density at radius 1 is 1.24 bits per heavy atom. The summed E-state index contributed by atoms with van der Waals surface area (Å²) in [6, 6.07) is 12.1. The van der Waals surface area contributed by atoms with Crippen LogP contribution in [-0.4, -0.2) is 38.2 Å². The van der Waals surface area contributed by atoms with Gasteiger partial charge in [-0.3, -0.25) is 9.88 Å². The Hall–Kier alpha value is -2.73. The third kappa shape index (κ3) is 4.03. The molecular weight excluding hydrogens is 364 g/mol. The minimum Gasteiger partial charge on any atom is -0.443 e. The highest BCUT2D eigenvalue weighted by Gasteiger charge is 2.28. The number of carbonyl (C=O) groups is 1. The molecule has 29 heavy (non-hydrogen) atoms. The molecule has 4 rings (SSSR count). The quantitative estimate of drug-likeness (QED) is 0.645. The van der Waals surface area contributed by atoms with Gasteiger partial charge in [-0.15, -0.1) is 0 Å². The summed E-state index contributed by atoms with van der Waals surface area (Å²) in [5.41, 5.74) is 3.45. The van der Waals surface area contributed by atoms with Crippen molar-refractivity contribution in [2.75, 3.05) is 7.05 Å². The van der Waals surface area contributed by atoms with Crippen molar-refractivity contribution < 1.29 is 9.53 Å². The number of aromatic nitrogens is 3. The van der Waals surface area contributed by atoms with Crippen molar-refractivity contribution in [3.8, 4) is 0 Å². The van der Waals surface area contributed by atoms with Gasteiger partial charge >= 0.3 is 6.09 Å². The molecule has 2 aromatic heterocycles. The Kier molecular flexibility index (Phi) is 5.13. The van der Waals surface area contributed by atoms with Crippen LogP contribution < -0.4 is 0 Å². The fourth-order valence-electron chi connectivity index (χ4n) is 4.04. The Labute approximate surface area is 171 Å². The summed E-state index contributed by atoms with van der Waals surface area (Å²) < 4.78 is 7.28. The molecule has 1 aliphatic rings. The fraction of sp³-hybridized carbons (Fsp3) is 0.435. The summed E-state index contributed by atoms with van der Waals surface area (Å²) in [6.07, 6.45) is 4.73. The average molecular weight is 393 g/mol. The number of carbonyl (C=O) groups excluding carboxylic acids is 1. The molecule has 1 atom stereocenters. The zero-order chi connectivity index (χ0) is 20.6. The van der Waals surface area contributed by atoms with Crippen molar-refractivity contribution in [3.63, 3.8) is 0 Å². The van der Waals surface area contributed by atoms with Gasteiger partial charge in [-0.05, 0) is 70.8 Å². The van der Waals surface area contributed by atoms with Gasteiger partial charge in [0.05, 0.1) is 29.3 Å². The minimum absolute atomic E-state index is 0.215. The van der Waals surface area contributed by atoms with E-state index < -0.39 is 11.7 Å². The molecule has 2 heterocycles. The smallest absolute Gasteiger partial charge is 0.420 e. The number of ether oxygens (including phenoxy) is 1. The molecule has 1 aromatic carbocycles. The molecule has 0 radical (unpaired) electrons. The molecule has 0 saturated carbocycles. The van der Waals surface area contributed by atoms with E-state index in [4.69, 9.17) is 9.72 Å². The van der Waals surface area contributed by atoms with Gasteiger partial charge in [0.2, 0.25) is 0 Å². The second kappa shape index (κ2) is 7.59. The lowest BCUT2D eigenvalue weighted by molar-refractivity contribution is 0.0533. The molecule has 0 bridgehead atoms. The molecule has 6 heteroatoms. The van der Waals surface area contributed by atoms with Gasteiger partial charge in [0, 0.05) is 6.20 Å². The van der Waals surface area contributed by atoms with Crippen LogP contribution >= 0.6 is 0 Å². The number of aryl methyl sites for hydroxylation is 1. The van der Waals surface area contributed by atoms with Crippen molar-refractivity contribution in [1.29, 1.82) is 0 Å².